The molecule has 2 aromatic rings. The summed E-state index contributed by atoms with van der Waals surface area (Å²) in [5.74, 6) is 0.0533. The van der Waals surface area contributed by atoms with Crippen LogP contribution in [0.4, 0.5) is 13.2 Å². The molecule has 0 radical (unpaired) electrons. The Labute approximate surface area is 153 Å². The van der Waals surface area contributed by atoms with E-state index in [9.17, 15) is 13.2 Å². The summed E-state index contributed by atoms with van der Waals surface area (Å²) in [5, 5.41) is 0. The maximum atomic E-state index is 13.3. The molecule has 0 saturated carbocycles. The van der Waals surface area contributed by atoms with E-state index in [0.717, 1.165) is 25.6 Å². The van der Waals surface area contributed by atoms with Gasteiger partial charge in [-0.1, -0.05) is 38.3 Å². The van der Waals surface area contributed by atoms with Crippen molar-refractivity contribution in [2.24, 2.45) is 5.92 Å². The molecule has 1 aromatic heterocycles. The summed E-state index contributed by atoms with van der Waals surface area (Å²) in [6.07, 6.45) is 2.61. The first-order chi connectivity index (χ1) is 12.5. The quantitative estimate of drug-likeness (QED) is 0.658. The number of aromatic nitrogens is 2. The predicted octanol–water partition coefficient (Wildman–Crippen LogP) is 5.35. The van der Waals surface area contributed by atoms with Gasteiger partial charge in [-0.15, -0.1) is 0 Å². The van der Waals surface area contributed by atoms with E-state index in [0.29, 0.717) is 24.0 Å². The molecular weight excluding hydrogens is 339 g/mol. The molecule has 3 rings (SSSR count). The number of hydrogen-bond acceptors (Lipinski definition) is 2. The zero-order valence-electron chi connectivity index (χ0n) is 15.4. The number of para-hydroxylation sites is 2. The Morgan fingerprint density at radius 1 is 1.08 bits per heavy atom. The summed E-state index contributed by atoms with van der Waals surface area (Å²) >= 11 is 0. The third-order valence-corrected chi connectivity index (χ3v) is 5.44. The molecule has 0 atom stereocenters. The summed E-state index contributed by atoms with van der Waals surface area (Å²) in [7, 11) is 0. The number of nitrogens with zero attached hydrogens (tertiary/aromatic N) is 3. The molecule has 1 aliphatic heterocycles. The highest BCUT2D eigenvalue weighted by Crippen LogP contribution is 2.31. The number of benzene rings is 1. The molecule has 144 valence electrons. The zero-order chi connectivity index (χ0) is 18.6. The van der Waals surface area contributed by atoms with E-state index in [2.05, 4.69) is 16.8 Å². The van der Waals surface area contributed by atoms with E-state index in [1.165, 1.54) is 36.7 Å². The van der Waals surface area contributed by atoms with Gasteiger partial charge < -0.3 is 9.47 Å². The molecule has 1 aromatic carbocycles. The van der Waals surface area contributed by atoms with Crippen molar-refractivity contribution in [1.82, 2.24) is 14.5 Å². The normalized spacial score (nSPS) is 17.2. The Kier molecular flexibility index (Phi) is 6.22. The number of likely N-dealkylation sites (tertiary alicyclic amines) is 1. The maximum absolute atomic E-state index is 13.3. The van der Waals surface area contributed by atoms with Crippen LogP contribution in [0.1, 0.15) is 51.3 Å². The minimum Gasteiger partial charge on any atom is -0.320 e. The van der Waals surface area contributed by atoms with Gasteiger partial charge in [-0.25, -0.2) is 4.98 Å². The highest BCUT2D eigenvalue weighted by atomic mass is 19.4. The first-order valence-electron chi connectivity index (χ1n) is 9.74. The van der Waals surface area contributed by atoms with Gasteiger partial charge in [0.25, 0.3) is 0 Å². The Bertz CT molecular complexity index is 700. The number of fused-ring (bicyclic) bond motifs is 1. The van der Waals surface area contributed by atoms with Gasteiger partial charge in [0.05, 0.1) is 11.0 Å². The fourth-order valence-corrected chi connectivity index (χ4v) is 3.96. The summed E-state index contributed by atoms with van der Waals surface area (Å²) in [6.45, 7) is 5.58. The molecule has 1 fully saturated rings. The second kappa shape index (κ2) is 8.42. The van der Waals surface area contributed by atoms with Gasteiger partial charge in [-0.2, -0.15) is 13.2 Å². The van der Waals surface area contributed by atoms with E-state index >= 15 is 0 Å². The number of halogens is 3. The Morgan fingerprint density at radius 2 is 1.81 bits per heavy atom. The summed E-state index contributed by atoms with van der Waals surface area (Å²) in [5.41, 5.74) is 0.981. The lowest BCUT2D eigenvalue weighted by molar-refractivity contribution is -0.147. The summed E-state index contributed by atoms with van der Waals surface area (Å²) in [6, 6.07) is 6.85. The fourth-order valence-electron chi connectivity index (χ4n) is 3.96. The van der Waals surface area contributed by atoms with Crippen molar-refractivity contribution in [2.45, 2.75) is 58.2 Å². The topological polar surface area (TPSA) is 21.1 Å². The van der Waals surface area contributed by atoms with Crippen molar-refractivity contribution in [1.29, 1.82) is 0 Å². The van der Waals surface area contributed by atoms with Gasteiger partial charge in [-0.3, -0.25) is 0 Å². The smallest absolute Gasteiger partial charge is 0.320 e. The van der Waals surface area contributed by atoms with Crippen molar-refractivity contribution in [3.63, 3.8) is 0 Å². The van der Waals surface area contributed by atoms with Crippen LogP contribution in [0.3, 0.4) is 0 Å². The number of imidazole rings is 1. The first-order valence-corrected chi connectivity index (χ1v) is 9.74. The van der Waals surface area contributed by atoms with Crippen LogP contribution in [0, 0.1) is 5.92 Å². The lowest BCUT2D eigenvalue weighted by atomic mass is 9.91. The molecule has 2 heterocycles. The van der Waals surface area contributed by atoms with Gasteiger partial charge in [-0.05, 0) is 56.9 Å². The van der Waals surface area contributed by atoms with Gasteiger partial charge in [0.1, 0.15) is 0 Å². The van der Waals surface area contributed by atoms with Crippen molar-refractivity contribution in [3.05, 3.63) is 30.1 Å². The molecule has 0 aliphatic carbocycles. The van der Waals surface area contributed by atoms with Crippen LogP contribution in [-0.4, -0.2) is 34.1 Å². The Morgan fingerprint density at radius 3 is 2.50 bits per heavy atom. The standard InChI is InChI=1S/C20H28F3N3/c1-2-3-7-16-10-14-25(15-11-16)12-6-13-26-18-9-5-4-8-17(18)24-19(26)20(21,22)23/h4-5,8-9,16H,2-3,6-7,10-15H2,1H3. The second-order valence-corrected chi connectivity index (χ2v) is 7.35. The minimum absolute atomic E-state index is 0.352. The largest absolute Gasteiger partial charge is 0.449 e. The SMILES string of the molecule is CCCCC1CCN(CCCn2c(C(F)(F)F)nc3ccccc32)CC1. The van der Waals surface area contributed by atoms with E-state index in [1.54, 1.807) is 24.3 Å². The van der Waals surface area contributed by atoms with Crippen molar-refractivity contribution >= 4 is 11.0 Å². The van der Waals surface area contributed by atoms with E-state index in [1.807, 2.05) is 0 Å². The van der Waals surface area contributed by atoms with Crippen LogP contribution in [0.25, 0.3) is 11.0 Å². The van der Waals surface area contributed by atoms with Gasteiger partial charge in [0.15, 0.2) is 0 Å². The van der Waals surface area contributed by atoms with Crippen molar-refractivity contribution in [3.8, 4) is 0 Å². The van der Waals surface area contributed by atoms with Gasteiger partial charge in [0, 0.05) is 6.54 Å². The predicted molar refractivity (Wildman–Crippen MR) is 98.0 cm³/mol. The van der Waals surface area contributed by atoms with E-state index in [-0.39, 0.29) is 0 Å². The van der Waals surface area contributed by atoms with Crippen molar-refractivity contribution < 1.29 is 13.2 Å². The summed E-state index contributed by atoms with van der Waals surface area (Å²) < 4.78 is 41.3. The van der Waals surface area contributed by atoms with E-state index in [4.69, 9.17) is 0 Å². The van der Waals surface area contributed by atoms with Crippen LogP contribution >= 0.6 is 0 Å². The molecule has 3 nitrogen and oxygen atoms in total. The zero-order valence-corrected chi connectivity index (χ0v) is 15.4. The molecule has 0 amide bonds. The second-order valence-electron chi connectivity index (χ2n) is 7.35. The maximum Gasteiger partial charge on any atom is 0.449 e. The van der Waals surface area contributed by atoms with Gasteiger partial charge >= 0.3 is 6.18 Å². The molecule has 0 bridgehead atoms. The third-order valence-electron chi connectivity index (χ3n) is 5.44. The van der Waals surface area contributed by atoms with Crippen LogP contribution in [0.5, 0.6) is 0 Å². The molecule has 26 heavy (non-hydrogen) atoms. The number of rotatable bonds is 7. The fraction of sp³-hybridized carbons (Fsp3) is 0.650. The average Bonchev–Trinajstić information content (AvgIpc) is 3.00. The number of unbranched alkanes of at least 4 members (excludes halogenated alkanes) is 1. The monoisotopic (exact) mass is 367 g/mol. The Balaban J connectivity index is 1.57. The van der Waals surface area contributed by atoms with Crippen LogP contribution in [-0.2, 0) is 12.7 Å². The molecule has 1 aliphatic rings. The molecular formula is C20H28F3N3. The molecule has 0 unspecified atom stereocenters. The number of hydrogen-bond donors (Lipinski definition) is 0. The number of piperidine rings is 1. The van der Waals surface area contributed by atoms with Gasteiger partial charge in [0.2, 0.25) is 5.82 Å². The molecule has 1 saturated heterocycles. The number of aryl methyl sites for hydroxylation is 1. The first kappa shape index (κ1) is 19.2. The van der Waals surface area contributed by atoms with E-state index < -0.39 is 12.0 Å². The molecule has 0 N–H and O–H groups in total. The molecule has 0 spiro atoms. The Hall–Kier alpha value is -1.56. The third kappa shape index (κ3) is 4.58. The molecule has 6 heteroatoms. The highest BCUT2D eigenvalue weighted by molar-refractivity contribution is 5.76. The van der Waals surface area contributed by atoms with Crippen molar-refractivity contribution in [2.75, 3.05) is 19.6 Å². The highest BCUT2D eigenvalue weighted by Gasteiger charge is 2.37. The van der Waals surface area contributed by atoms with Crippen LogP contribution in [0.15, 0.2) is 24.3 Å². The van der Waals surface area contributed by atoms with Crippen LogP contribution < -0.4 is 0 Å². The minimum atomic E-state index is -4.42. The lowest BCUT2D eigenvalue weighted by Crippen LogP contribution is -2.34. The van der Waals surface area contributed by atoms with Crippen LogP contribution in [0.2, 0.25) is 0 Å². The number of alkyl halides is 3. The average molecular weight is 367 g/mol. The lowest BCUT2D eigenvalue weighted by Gasteiger charge is -2.32. The summed E-state index contributed by atoms with van der Waals surface area (Å²) in [4.78, 5) is 6.21.